The van der Waals surface area contributed by atoms with Crippen LogP contribution in [0, 0.1) is 5.92 Å². The van der Waals surface area contributed by atoms with Crippen molar-refractivity contribution in [3.8, 4) is 0 Å². The van der Waals surface area contributed by atoms with Gasteiger partial charge in [0, 0.05) is 44.4 Å². The number of nitrogens with zero attached hydrogens (tertiary/aromatic N) is 3. The largest absolute Gasteiger partial charge is 0.342 e. The molecule has 0 bridgehead atoms. The average molecular weight is 358 g/mol. The molecule has 6 heteroatoms. The van der Waals surface area contributed by atoms with E-state index in [1.54, 1.807) is 0 Å². The standard InChI is InChI=1S/C20H30N4O2/c1-23-11-9-17-16(13-23)19(25)22-18(21-17)15-8-5-10-24(12-15)20(26)14-6-3-2-4-7-14/h14-15H,2-13H2,1H3,(H,21,22,25)/t15-/m0/s1. The van der Waals surface area contributed by atoms with Gasteiger partial charge in [-0.15, -0.1) is 0 Å². The van der Waals surface area contributed by atoms with Gasteiger partial charge in [-0.25, -0.2) is 4.98 Å². The van der Waals surface area contributed by atoms with Crippen LogP contribution in [0.5, 0.6) is 0 Å². The Bertz CT molecular complexity index is 723. The molecular weight excluding hydrogens is 328 g/mol. The van der Waals surface area contributed by atoms with Gasteiger partial charge in [-0.2, -0.15) is 0 Å². The highest BCUT2D eigenvalue weighted by atomic mass is 16.2. The van der Waals surface area contributed by atoms with Crippen LogP contribution in [0.4, 0.5) is 0 Å². The Hall–Kier alpha value is -1.69. The summed E-state index contributed by atoms with van der Waals surface area (Å²) in [4.78, 5) is 37.5. The monoisotopic (exact) mass is 358 g/mol. The Morgan fingerprint density at radius 3 is 2.73 bits per heavy atom. The number of likely N-dealkylation sites (N-methyl/N-ethyl adjacent to an activating group) is 1. The summed E-state index contributed by atoms with van der Waals surface area (Å²) < 4.78 is 0. The Balaban J connectivity index is 1.50. The fourth-order valence-electron chi connectivity index (χ4n) is 4.78. The molecule has 6 nitrogen and oxygen atoms in total. The molecule has 1 amide bonds. The fourth-order valence-corrected chi connectivity index (χ4v) is 4.78. The van der Waals surface area contributed by atoms with Crippen LogP contribution in [0.3, 0.4) is 0 Å². The van der Waals surface area contributed by atoms with Crippen molar-refractivity contribution >= 4 is 5.91 Å². The van der Waals surface area contributed by atoms with Crippen molar-refractivity contribution in [1.82, 2.24) is 19.8 Å². The Morgan fingerprint density at radius 1 is 1.12 bits per heavy atom. The molecule has 2 fully saturated rings. The molecule has 1 aromatic heterocycles. The number of nitrogens with one attached hydrogen (secondary N) is 1. The molecule has 1 aliphatic carbocycles. The first-order valence-electron chi connectivity index (χ1n) is 10.2. The molecule has 4 rings (SSSR count). The molecule has 0 radical (unpaired) electrons. The molecule has 3 aliphatic rings. The van der Waals surface area contributed by atoms with E-state index in [2.05, 4.69) is 9.88 Å². The van der Waals surface area contributed by atoms with Crippen LogP contribution >= 0.6 is 0 Å². The van der Waals surface area contributed by atoms with Gasteiger partial charge in [-0.3, -0.25) is 9.59 Å². The maximum absolute atomic E-state index is 12.9. The van der Waals surface area contributed by atoms with Gasteiger partial charge in [0.25, 0.3) is 5.56 Å². The molecule has 1 saturated heterocycles. The van der Waals surface area contributed by atoms with E-state index < -0.39 is 0 Å². The molecule has 3 heterocycles. The van der Waals surface area contributed by atoms with Gasteiger partial charge in [0.2, 0.25) is 5.91 Å². The van der Waals surface area contributed by atoms with E-state index in [1.165, 1.54) is 19.3 Å². The zero-order valence-corrected chi connectivity index (χ0v) is 15.8. The van der Waals surface area contributed by atoms with Crippen molar-refractivity contribution in [3.05, 3.63) is 27.4 Å². The molecule has 1 aromatic rings. The number of aromatic amines is 1. The summed E-state index contributed by atoms with van der Waals surface area (Å²) >= 11 is 0. The SMILES string of the molecule is CN1CCc2nc([C@H]3CCCN(C(=O)C4CCCCC4)C3)[nH]c(=O)c2C1. The number of hydrogen-bond acceptors (Lipinski definition) is 4. The van der Waals surface area contributed by atoms with Crippen LogP contribution in [0.15, 0.2) is 4.79 Å². The summed E-state index contributed by atoms with van der Waals surface area (Å²) in [6.07, 6.45) is 8.54. The van der Waals surface area contributed by atoms with Crippen molar-refractivity contribution in [2.45, 2.75) is 63.8 Å². The number of amides is 1. The van der Waals surface area contributed by atoms with Crippen molar-refractivity contribution in [3.63, 3.8) is 0 Å². The molecule has 26 heavy (non-hydrogen) atoms. The zero-order valence-electron chi connectivity index (χ0n) is 15.8. The van der Waals surface area contributed by atoms with E-state index in [9.17, 15) is 9.59 Å². The summed E-state index contributed by atoms with van der Waals surface area (Å²) in [5, 5.41) is 0. The predicted octanol–water partition coefficient (Wildman–Crippen LogP) is 2.04. The molecule has 1 N–H and O–H groups in total. The molecule has 0 spiro atoms. The highest BCUT2D eigenvalue weighted by Gasteiger charge is 2.31. The fraction of sp³-hybridized carbons (Fsp3) is 0.750. The lowest BCUT2D eigenvalue weighted by molar-refractivity contribution is -0.137. The van der Waals surface area contributed by atoms with Gasteiger partial charge in [0.1, 0.15) is 5.82 Å². The normalized spacial score (nSPS) is 25.1. The third kappa shape index (κ3) is 3.56. The number of carbonyl (C=O) groups is 1. The number of H-pyrrole nitrogens is 1. The van der Waals surface area contributed by atoms with Crippen molar-refractivity contribution in [2.24, 2.45) is 5.92 Å². The minimum absolute atomic E-state index is 0.00674. The number of rotatable bonds is 2. The van der Waals surface area contributed by atoms with Crippen molar-refractivity contribution in [1.29, 1.82) is 0 Å². The second-order valence-corrected chi connectivity index (χ2v) is 8.32. The number of likely N-dealkylation sites (tertiary alicyclic amines) is 1. The molecule has 0 unspecified atom stereocenters. The van der Waals surface area contributed by atoms with E-state index in [4.69, 9.17) is 4.98 Å². The lowest BCUT2D eigenvalue weighted by Crippen LogP contribution is -2.43. The number of carbonyl (C=O) groups excluding carboxylic acids is 1. The Labute approximate surface area is 155 Å². The van der Waals surface area contributed by atoms with Gasteiger partial charge in [-0.05, 0) is 32.7 Å². The molecule has 1 atom stereocenters. The smallest absolute Gasteiger partial charge is 0.255 e. The van der Waals surface area contributed by atoms with E-state index in [0.717, 1.165) is 62.3 Å². The first-order valence-corrected chi connectivity index (χ1v) is 10.2. The highest BCUT2D eigenvalue weighted by Crippen LogP contribution is 2.30. The lowest BCUT2D eigenvalue weighted by atomic mass is 9.87. The summed E-state index contributed by atoms with van der Waals surface area (Å²) in [7, 11) is 2.03. The second kappa shape index (κ2) is 7.51. The molecule has 0 aromatic carbocycles. The molecule has 1 saturated carbocycles. The van der Waals surface area contributed by atoms with Crippen LogP contribution in [0.1, 0.15) is 67.9 Å². The minimum atomic E-state index is 0.00674. The summed E-state index contributed by atoms with van der Waals surface area (Å²) in [5.41, 5.74) is 1.78. The highest BCUT2D eigenvalue weighted by molar-refractivity contribution is 5.79. The van der Waals surface area contributed by atoms with E-state index >= 15 is 0 Å². The number of fused-ring (bicyclic) bond motifs is 1. The zero-order chi connectivity index (χ0) is 18.1. The van der Waals surface area contributed by atoms with Crippen LogP contribution < -0.4 is 5.56 Å². The van der Waals surface area contributed by atoms with Gasteiger partial charge in [-0.1, -0.05) is 19.3 Å². The van der Waals surface area contributed by atoms with E-state index in [0.29, 0.717) is 19.0 Å². The van der Waals surface area contributed by atoms with E-state index in [1.807, 2.05) is 11.9 Å². The van der Waals surface area contributed by atoms with Crippen LogP contribution in [-0.2, 0) is 17.8 Å². The van der Waals surface area contributed by atoms with Crippen LogP contribution in [-0.4, -0.2) is 52.4 Å². The van der Waals surface area contributed by atoms with Gasteiger partial charge in [0.05, 0.1) is 11.3 Å². The summed E-state index contributed by atoms with van der Waals surface area (Å²) in [6.45, 7) is 3.18. The Morgan fingerprint density at radius 2 is 1.92 bits per heavy atom. The van der Waals surface area contributed by atoms with Gasteiger partial charge >= 0.3 is 0 Å². The van der Waals surface area contributed by atoms with Gasteiger partial charge in [0.15, 0.2) is 0 Å². The first kappa shape index (κ1) is 17.7. The maximum Gasteiger partial charge on any atom is 0.255 e. The molecule has 142 valence electrons. The third-order valence-electron chi connectivity index (χ3n) is 6.35. The summed E-state index contributed by atoms with van der Waals surface area (Å²) in [5.74, 6) is 1.50. The maximum atomic E-state index is 12.9. The predicted molar refractivity (Wildman–Crippen MR) is 100 cm³/mol. The quantitative estimate of drug-likeness (QED) is 0.878. The molecular formula is C20H30N4O2. The van der Waals surface area contributed by atoms with Crippen molar-refractivity contribution < 1.29 is 4.79 Å². The average Bonchev–Trinajstić information content (AvgIpc) is 2.68. The number of hydrogen-bond donors (Lipinski definition) is 1. The van der Waals surface area contributed by atoms with E-state index in [-0.39, 0.29) is 17.4 Å². The third-order valence-corrected chi connectivity index (χ3v) is 6.35. The lowest BCUT2D eigenvalue weighted by Gasteiger charge is -2.35. The minimum Gasteiger partial charge on any atom is -0.342 e. The Kier molecular flexibility index (Phi) is 5.11. The summed E-state index contributed by atoms with van der Waals surface area (Å²) in [6, 6.07) is 0. The van der Waals surface area contributed by atoms with Gasteiger partial charge < -0.3 is 14.8 Å². The molecule has 2 aliphatic heterocycles. The second-order valence-electron chi connectivity index (χ2n) is 8.32. The number of piperidine rings is 1. The first-order chi connectivity index (χ1) is 12.6. The number of aromatic nitrogens is 2. The van der Waals surface area contributed by atoms with Crippen molar-refractivity contribution in [2.75, 3.05) is 26.7 Å². The van der Waals surface area contributed by atoms with Crippen LogP contribution in [0.25, 0.3) is 0 Å². The van der Waals surface area contributed by atoms with Crippen LogP contribution in [0.2, 0.25) is 0 Å². The topological polar surface area (TPSA) is 69.3 Å².